The summed E-state index contributed by atoms with van der Waals surface area (Å²) in [6, 6.07) is 12.5. The van der Waals surface area contributed by atoms with Gasteiger partial charge in [0.25, 0.3) is 5.91 Å². The number of carbonyl (C=O) groups excluding carboxylic acids is 1. The maximum absolute atomic E-state index is 13.8. The highest BCUT2D eigenvalue weighted by atomic mass is 127. The van der Waals surface area contributed by atoms with E-state index < -0.39 is 17.8 Å². The van der Waals surface area contributed by atoms with Crippen LogP contribution in [0.1, 0.15) is 16.1 Å². The van der Waals surface area contributed by atoms with Gasteiger partial charge in [-0.15, -0.1) is 0 Å². The molecule has 0 unspecified atom stereocenters. The number of aromatic nitrogens is 3. The van der Waals surface area contributed by atoms with Crippen LogP contribution in [-0.4, -0.2) is 34.7 Å². The molecule has 7 nitrogen and oxygen atoms in total. The van der Waals surface area contributed by atoms with E-state index in [4.69, 9.17) is 9.47 Å². The molecule has 0 aliphatic carbocycles. The van der Waals surface area contributed by atoms with Gasteiger partial charge in [-0.1, -0.05) is 6.07 Å². The third-order valence-electron chi connectivity index (χ3n) is 4.77. The fourth-order valence-corrected chi connectivity index (χ4v) is 3.78. The lowest BCUT2D eigenvalue weighted by Gasteiger charge is -2.13. The van der Waals surface area contributed by atoms with E-state index in [0.717, 1.165) is 15.8 Å². The Bertz CT molecular complexity index is 1350. The minimum absolute atomic E-state index is 0.000382. The molecule has 2 heterocycles. The number of carbonyl (C=O) groups is 1. The molecule has 11 heteroatoms. The number of ether oxygens (including phenoxy) is 2. The molecule has 4 rings (SSSR count). The molecule has 0 aliphatic heterocycles. The van der Waals surface area contributed by atoms with Crippen molar-refractivity contribution in [1.82, 2.24) is 14.6 Å². The summed E-state index contributed by atoms with van der Waals surface area (Å²) in [5, 5.41) is 6.46. The van der Waals surface area contributed by atoms with Crippen LogP contribution in [0.2, 0.25) is 0 Å². The standard InChI is InChI=1S/C22H16F3IN4O3/c1-32-17-7-6-12(8-18(17)33-2)16-10-19(22(23,24)25)30-20(29-16)15(11-27-30)21(31)28-14-5-3-4-13(26)9-14/h3-11H,1-2H3,(H,28,31). The quantitative estimate of drug-likeness (QED) is 0.332. The Morgan fingerprint density at radius 1 is 1.06 bits per heavy atom. The average molecular weight is 568 g/mol. The van der Waals surface area contributed by atoms with Gasteiger partial charge in [0.15, 0.2) is 22.8 Å². The molecule has 0 saturated heterocycles. The highest BCUT2D eigenvalue weighted by molar-refractivity contribution is 14.1. The Hall–Kier alpha value is -3.35. The zero-order valence-corrected chi connectivity index (χ0v) is 19.4. The summed E-state index contributed by atoms with van der Waals surface area (Å²) < 4.78 is 53.5. The molecule has 1 amide bonds. The van der Waals surface area contributed by atoms with Gasteiger partial charge in [0, 0.05) is 14.8 Å². The van der Waals surface area contributed by atoms with E-state index in [1.54, 1.807) is 30.3 Å². The second kappa shape index (κ2) is 8.89. The van der Waals surface area contributed by atoms with E-state index in [9.17, 15) is 18.0 Å². The predicted molar refractivity (Wildman–Crippen MR) is 124 cm³/mol. The maximum atomic E-state index is 13.8. The van der Waals surface area contributed by atoms with Crippen LogP contribution in [0.25, 0.3) is 16.9 Å². The first-order valence-electron chi connectivity index (χ1n) is 9.46. The highest BCUT2D eigenvalue weighted by Crippen LogP contribution is 2.35. The highest BCUT2D eigenvalue weighted by Gasteiger charge is 2.36. The summed E-state index contributed by atoms with van der Waals surface area (Å²) in [5.74, 6) is 0.118. The monoisotopic (exact) mass is 568 g/mol. The molecule has 2 aromatic carbocycles. The zero-order valence-electron chi connectivity index (χ0n) is 17.3. The molecule has 0 fully saturated rings. The van der Waals surface area contributed by atoms with Crippen LogP contribution < -0.4 is 14.8 Å². The molecular weight excluding hydrogens is 552 g/mol. The van der Waals surface area contributed by atoms with Crippen LogP contribution in [0.15, 0.2) is 54.7 Å². The molecule has 0 radical (unpaired) electrons. The lowest BCUT2D eigenvalue weighted by Crippen LogP contribution is -2.16. The van der Waals surface area contributed by atoms with Crippen molar-refractivity contribution >= 4 is 39.8 Å². The summed E-state index contributed by atoms with van der Waals surface area (Å²) in [6.45, 7) is 0. The number of halogens is 4. The average Bonchev–Trinajstić information content (AvgIpc) is 3.21. The molecule has 4 aromatic rings. The van der Waals surface area contributed by atoms with E-state index >= 15 is 0 Å². The summed E-state index contributed by atoms with van der Waals surface area (Å²) in [5.41, 5.74) is -0.534. The number of rotatable bonds is 5. The number of anilines is 1. The molecule has 0 spiro atoms. The van der Waals surface area contributed by atoms with Crippen LogP contribution in [0.3, 0.4) is 0 Å². The van der Waals surface area contributed by atoms with Gasteiger partial charge in [-0.2, -0.15) is 18.3 Å². The summed E-state index contributed by atoms with van der Waals surface area (Å²) >= 11 is 2.09. The Morgan fingerprint density at radius 3 is 2.48 bits per heavy atom. The van der Waals surface area contributed by atoms with Crippen molar-refractivity contribution in [1.29, 1.82) is 0 Å². The second-order valence-corrected chi connectivity index (χ2v) is 8.10. The van der Waals surface area contributed by atoms with Crippen molar-refractivity contribution in [2.24, 2.45) is 0 Å². The summed E-state index contributed by atoms with van der Waals surface area (Å²) in [6.07, 6.45) is -3.67. The Kier molecular flexibility index (Phi) is 6.15. The van der Waals surface area contributed by atoms with Crippen LogP contribution in [0.5, 0.6) is 11.5 Å². The topological polar surface area (TPSA) is 77.8 Å². The Balaban J connectivity index is 1.85. The van der Waals surface area contributed by atoms with Crippen molar-refractivity contribution in [2.45, 2.75) is 6.18 Å². The van der Waals surface area contributed by atoms with Crippen LogP contribution >= 0.6 is 22.6 Å². The summed E-state index contributed by atoms with van der Waals surface area (Å²) in [7, 11) is 2.87. The van der Waals surface area contributed by atoms with Crippen molar-refractivity contribution < 1.29 is 27.4 Å². The Morgan fingerprint density at radius 2 is 1.82 bits per heavy atom. The number of methoxy groups -OCH3 is 2. The number of hydrogen-bond acceptors (Lipinski definition) is 5. The van der Waals surface area contributed by atoms with Crippen LogP contribution in [0, 0.1) is 3.57 Å². The van der Waals surface area contributed by atoms with E-state index in [2.05, 4.69) is 38.0 Å². The fourth-order valence-electron chi connectivity index (χ4n) is 3.23. The van der Waals surface area contributed by atoms with Gasteiger partial charge in [-0.3, -0.25) is 4.79 Å². The molecule has 0 bridgehead atoms. The number of fused-ring (bicyclic) bond motifs is 1. The normalized spacial score (nSPS) is 11.5. The van der Waals surface area contributed by atoms with Gasteiger partial charge < -0.3 is 14.8 Å². The lowest BCUT2D eigenvalue weighted by molar-refractivity contribution is -0.142. The van der Waals surface area contributed by atoms with Gasteiger partial charge in [-0.25, -0.2) is 9.50 Å². The van der Waals surface area contributed by atoms with Gasteiger partial charge >= 0.3 is 6.18 Å². The van der Waals surface area contributed by atoms with Gasteiger partial charge in [0.05, 0.1) is 26.1 Å². The number of nitrogens with one attached hydrogen (secondary N) is 1. The van der Waals surface area contributed by atoms with E-state index in [1.165, 1.54) is 20.3 Å². The van der Waals surface area contributed by atoms with Crippen LogP contribution in [0.4, 0.5) is 18.9 Å². The molecule has 0 atom stereocenters. The number of nitrogens with zero attached hydrogens (tertiary/aromatic N) is 3. The second-order valence-electron chi connectivity index (χ2n) is 6.85. The van der Waals surface area contributed by atoms with E-state index in [-0.39, 0.29) is 16.9 Å². The van der Waals surface area contributed by atoms with Gasteiger partial charge in [0.1, 0.15) is 5.56 Å². The van der Waals surface area contributed by atoms with Gasteiger partial charge in [0.2, 0.25) is 0 Å². The third kappa shape index (κ3) is 4.58. The van der Waals surface area contributed by atoms with Crippen molar-refractivity contribution in [3.8, 4) is 22.8 Å². The Labute approximate surface area is 199 Å². The smallest absolute Gasteiger partial charge is 0.433 e. The van der Waals surface area contributed by atoms with Gasteiger partial charge in [-0.05, 0) is 65.1 Å². The molecule has 2 aromatic heterocycles. The fraction of sp³-hybridized carbons (Fsp3) is 0.136. The van der Waals surface area contributed by atoms with Crippen molar-refractivity contribution in [2.75, 3.05) is 19.5 Å². The SMILES string of the molecule is COc1ccc(-c2cc(C(F)(F)F)n3ncc(C(=O)Nc4cccc(I)c4)c3n2)cc1OC. The number of amides is 1. The lowest BCUT2D eigenvalue weighted by atomic mass is 10.1. The maximum Gasteiger partial charge on any atom is 0.433 e. The van der Waals surface area contributed by atoms with E-state index in [0.29, 0.717) is 27.3 Å². The molecule has 170 valence electrons. The molecule has 0 aliphatic rings. The first-order chi connectivity index (χ1) is 15.7. The zero-order chi connectivity index (χ0) is 23.8. The van der Waals surface area contributed by atoms with Crippen molar-refractivity contribution in [3.63, 3.8) is 0 Å². The van der Waals surface area contributed by atoms with E-state index in [1.807, 2.05) is 6.07 Å². The molecule has 33 heavy (non-hydrogen) atoms. The minimum atomic E-state index is -4.73. The van der Waals surface area contributed by atoms with Crippen molar-refractivity contribution in [3.05, 3.63) is 69.6 Å². The minimum Gasteiger partial charge on any atom is -0.493 e. The molecule has 1 N–H and O–H groups in total. The first-order valence-corrected chi connectivity index (χ1v) is 10.5. The number of hydrogen-bond donors (Lipinski definition) is 1. The summed E-state index contributed by atoms with van der Waals surface area (Å²) in [4.78, 5) is 17.2. The van der Waals surface area contributed by atoms with Crippen LogP contribution in [-0.2, 0) is 6.18 Å². The molecule has 0 saturated carbocycles. The third-order valence-corrected chi connectivity index (χ3v) is 5.44. The first kappa shape index (κ1) is 22.8. The number of benzene rings is 2. The predicted octanol–water partition coefficient (Wildman–Crippen LogP) is 5.29. The molecular formula is C22H16F3IN4O3. The largest absolute Gasteiger partial charge is 0.493 e. The number of alkyl halides is 3.